The summed E-state index contributed by atoms with van der Waals surface area (Å²) in [6.45, 7) is 0.0990. The predicted molar refractivity (Wildman–Crippen MR) is 69.7 cm³/mol. The molecule has 1 aliphatic rings. The van der Waals surface area contributed by atoms with Crippen LogP contribution in [0.15, 0.2) is 24.3 Å². The molecule has 6 heteroatoms. The lowest BCUT2D eigenvalue weighted by atomic mass is 10.0. The quantitative estimate of drug-likeness (QED) is 0.913. The maximum Gasteiger partial charge on any atom is 0.150 e. The molecule has 4 nitrogen and oxygen atoms in total. The Morgan fingerprint density at radius 2 is 2.06 bits per heavy atom. The van der Waals surface area contributed by atoms with Gasteiger partial charge in [-0.2, -0.15) is 0 Å². The molecule has 0 radical (unpaired) electrons. The molecule has 1 N–H and O–H groups in total. The van der Waals surface area contributed by atoms with Gasteiger partial charge in [-0.15, -0.1) is 0 Å². The zero-order valence-corrected chi connectivity index (χ0v) is 11.3. The van der Waals surface area contributed by atoms with Crippen LogP contribution in [0.2, 0.25) is 5.02 Å². The van der Waals surface area contributed by atoms with Gasteiger partial charge in [0.25, 0.3) is 0 Å². The van der Waals surface area contributed by atoms with E-state index in [4.69, 9.17) is 16.3 Å². The van der Waals surface area contributed by atoms with Crippen molar-refractivity contribution in [2.75, 3.05) is 18.1 Å². The molecule has 1 heterocycles. The van der Waals surface area contributed by atoms with Gasteiger partial charge in [-0.05, 0) is 30.7 Å². The lowest BCUT2D eigenvalue weighted by Gasteiger charge is -2.17. The predicted octanol–water partition coefficient (Wildman–Crippen LogP) is 1.51. The number of hydrogen-bond donors (Lipinski definition) is 1. The Kier molecular flexibility index (Phi) is 4.14. The number of hydrogen-bond acceptors (Lipinski definition) is 4. The summed E-state index contributed by atoms with van der Waals surface area (Å²) in [6, 6.07) is 6.81. The van der Waals surface area contributed by atoms with E-state index in [-0.39, 0.29) is 24.0 Å². The van der Waals surface area contributed by atoms with E-state index < -0.39 is 15.9 Å². The van der Waals surface area contributed by atoms with Gasteiger partial charge in [-0.3, -0.25) is 0 Å². The minimum absolute atomic E-state index is 0.0537. The SMILES string of the molecule is O=S1(=O)CCC(C(O)COc2ccc(Cl)cc2)C1. The van der Waals surface area contributed by atoms with Crippen LogP contribution in [0.3, 0.4) is 0 Å². The van der Waals surface area contributed by atoms with Crippen molar-refractivity contribution in [2.45, 2.75) is 12.5 Å². The first-order valence-electron chi connectivity index (χ1n) is 5.73. The van der Waals surface area contributed by atoms with Gasteiger partial charge >= 0.3 is 0 Å². The van der Waals surface area contributed by atoms with Crippen LogP contribution in [0.4, 0.5) is 0 Å². The zero-order chi connectivity index (χ0) is 13.2. The molecule has 0 aromatic heterocycles. The largest absolute Gasteiger partial charge is 0.491 e. The summed E-state index contributed by atoms with van der Waals surface area (Å²) in [5, 5.41) is 10.5. The van der Waals surface area contributed by atoms with Crippen molar-refractivity contribution in [3.8, 4) is 5.75 Å². The third kappa shape index (κ3) is 3.60. The van der Waals surface area contributed by atoms with E-state index in [0.717, 1.165) is 0 Å². The Balaban J connectivity index is 1.85. The average Bonchev–Trinajstić information content (AvgIpc) is 2.69. The van der Waals surface area contributed by atoms with E-state index in [1.807, 2.05) is 0 Å². The third-order valence-electron chi connectivity index (χ3n) is 3.05. The Hall–Kier alpha value is -0.780. The van der Waals surface area contributed by atoms with Gasteiger partial charge in [0.05, 0.1) is 17.6 Å². The first kappa shape index (κ1) is 13.6. The second-order valence-corrected chi connectivity index (χ2v) is 7.16. The van der Waals surface area contributed by atoms with Crippen molar-refractivity contribution < 1.29 is 18.3 Å². The molecule has 1 aromatic rings. The number of aliphatic hydroxyl groups is 1. The smallest absolute Gasteiger partial charge is 0.150 e. The average molecular weight is 291 g/mol. The monoisotopic (exact) mass is 290 g/mol. The molecule has 0 saturated carbocycles. The van der Waals surface area contributed by atoms with Crippen molar-refractivity contribution in [1.29, 1.82) is 0 Å². The van der Waals surface area contributed by atoms with Gasteiger partial charge in [0.15, 0.2) is 9.84 Å². The summed E-state index contributed by atoms with van der Waals surface area (Å²) >= 11 is 5.74. The molecule has 2 atom stereocenters. The molecule has 0 aliphatic carbocycles. The van der Waals surface area contributed by atoms with Crippen molar-refractivity contribution >= 4 is 21.4 Å². The van der Waals surface area contributed by atoms with Crippen molar-refractivity contribution in [1.82, 2.24) is 0 Å². The molecule has 2 rings (SSSR count). The van der Waals surface area contributed by atoms with Crippen LogP contribution >= 0.6 is 11.6 Å². The number of halogens is 1. The van der Waals surface area contributed by atoms with Crippen LogP contribution in [0.5, 0.6) is 5.75 Å². The number of sulfone groups is 1. The van der Waals surface area contributed by atoms with E-state index in [9.17, 15) is 13.5 Å². The Bertz CT molecular complexity index is 497. The second-order valence-electron chi connectivity index (χ2n) is 4.50. The summed E-state index contributed by atoms with van der Waals surface area (Å²) in [5.41, 5.74) is 0. The van der Waals surface area contributed by atoms with Crippen LogP contribution in [0, 0.1) is 5.92 Å². The molecule has 0 amide bonds. The van der Waals surface area contributed by atoms with Crippen LogP contribution < -0.4 is 4.74 Å². The summed E-state index contributed by atoms with van der Waals surface area (Å²) < 4.78 is 28.0. The molecule has 100 valence electrons. The summed E-state index contributed by atoms with van der Waals surface area (Å²) in [6.07, 6.45) is -0.244. The topological polar surface area (TPSA) is 63.6 Å². The normalized spacial score (nSPS) is 23.8. The fraction of sp³-hybridized carbons (Fsp3) is 0.500. The maximum atomic E-state index is 11.3. The molecule has 1 aromatic carbocycles. The number of benzene rings is 1. The molecule has 0 bridgehead atoms. The molecular formula is C12H15ClO4S. The van der Waals surface area contributed by atoms with Gasteiger partial charge in [0, 0.05) is 10.9 Å². The van der Waals surface area contributed by atoms with Crippen molar-refractivity contribution in [2.24, 2.45) is 5.92 Å². The van der Waals surface area contributed by atoms with E-state index >= 15 is 0 Å². The van der Waals surface area contributed by atoms with E-state index in [0.29, 0.717) is 17.2 Å². The molecule has 18 heavy (non-hydrogen) atoms. The Morgan fingerprint density at radius 1 is 1.39 bits per heavy atom. The van der Waals surface area contributed by atoms with Gasteiger partial charge in [-0.25, -0.2) is 8.42 Å². The number of rotatable bonds is 4. The number of aliphatic hydroxyl groups excluding tert-OH is 1. The standard InChI is InChI=1S/C12H15ClO4S/c13-10-1-3-11(4-2-10)17-7-12(14)9-5-6-18(15,16)8-9/h1-4,9,12,14H,5-8H2. The molecule has 1 aliphatic heterocycles. The van der Waals surface area contributed by atoms with Gasteiger partial charge in [-0.1, -0.05) is 11.6 Å². The van der Waals surface area contributed by atoms with E-state index in [1.165, 1.54) is 0 Å². The molecule has 1 saturated heterocycles. The summed E-state index contributed by atoms with van der Waals surface area (Å²) in [4.78, 5) is 0. The highest BCUT2D eigenvalue weighted by Gasteiger charge is 2.33. The number of ether oxygens (including phenoxy) is 1. The van der Waals surface area contributed by atoms with E-state index in [2.05, 4.69) is 0 Å². The highest BCUT2D eigenvalue weighted by molar-refractivity contribution is 7.91. The summed E-state index contributed by atoms with van der Waals surface area (Å²) in [7, 11) is -2.96. The highest BCUT2D eigenvalue weighted by Crippen LogP contribution is 2.23. The first-order chi connectivity index (χ1) is 8.46. The fourth-order valence-corrected chi connectivity index (χ4v) is 3.97. The third-order valence-corrected chi connectivity index (χ3v) is 5.09. The molecule has 2 unspecified atom stereocenters. The van der Waals surface area contributed by atoms with Crippen molar-refractivity contribution in [3.05, 3.63) is 29.3 Å². The Morgan fingerprint density at radius 3 is 2.61 bits per heavy atom. The highest BCUT2D eigenvalue weighted by atomic mass is 35.5. The van der Waals surface area contributed by atoms with Gasteiger partial charge < -0.3 is 9.84 Å². The summed E-state index contributed by atoms with van der Waals surface area (Å²) in [5.74, 6) is 0.606. The van der Waals surface area contributed by atoms with Crippen LogP contribution in [-0.4, -0.2) is 37.7 Å². The minimum Gasteiger partial charge on any atom is -0.491 e. The van der Waals surface area contributed by atoms with Gasteiger partial charge in [0.2, 0.25) is 0 Å². The lowest BCUT2D eigenvalue weighted by Crippen LogP contribution is -2.28. The van der Waals surface area contributed by atoms with E-state index in [1.54, 1.807) is 24.3 Å². The lowest BCUT2D eigenvalue weighted by molar-refractivity contribution is 0.0661. The van der Waals surface area contributed by atoms with Crippen LogP contribution in [-0.2, 0) is 9.84 Å². The molecule has 1 fully saturated rings. The molecular weight excluding hydrogens is 276 g/mol. The minimum atomic E-state index is -2.96. The van der Waals surface area contributed by atoms with Crippen molar-refractivity contribution in [3.63, 3.8) is 0 Å². The second kappa shape index (κ2) is 5.47. The Labute approximate surface area is 111 Å². The van der Waals surface area contributed by atoms with Crippen LogP contribution in [0.25, 0.3) is 0 Å². The van der Waals surface area contributed by atoms with Gasteiger partial charge in [0.1, 0.15) is 12.4 Å². The molecule has 0 spiro atoms. The fourth-order valence-electron chi connectivity index (χ4n) is 1.98. The zero-order valence-electron chi connectivity index (χ0n) is 9.75. The van der Waals surface area contributed by atoms with Crippen LogP contribution in [0.1, 0.15) is 6.42 Å². The first-order valence-corrected chi connectivity index (χ1v) is 7.93. The maximum absolute atomic E-state index is 11.3.